The molecule has 0 fully saturated rings. The molecule has 4 aromatic rings. The van der Waals surface area contributed by atoms with Gasteiger partial charge in [0, 0.05) is 24.0 Å². The molecule has 4 rings (SSSR count). The van der Waals surface area contributed by atoms with Crippen molar-refractivity contribution >= 4 is 17.5 Å². The topological polar surface area (TPSA) is 118 Å². The summed E-state index contributed by atoms with van der Waals surface area (Å²) in [6.07, 6.45) is 2.89. The number of urea groups is 1. The summed E-state index contributed by atoms with van der Waals surface area (Å²) >= 11 is 0. The molecule has 2 amide bonds. The highest BCUT2D eigenvalue weighted by atomic mass is 19.1. The number of anilines is 2. The van der Waals surface area contributed by atoms with Crippen molar-refractivity contribution in [3.8, 4) is 22.6 Å². The van der Waals surface area contributed by atoms with Gasteiger partial charge in [0.2, 0.25) is 0 Å². The number of halogens is 2. The first kappa shape index (κ1) is 23.8. The lowest BCUT2D eigenvalue weighted by atomic mass is 10.0. The molecule has 0 bridgehead atoms. The molecule has 2 aromatic heterocycles. The van der Waals surface area contributed by atoms with Crippen LogP contribution in [-0.4, -0.2) is 31.1 Å². The van der Waals surface area contributed by atoms with Crippen molar-refractivity contribution in [3.63, 3.8) is 0 Å². The monoisotopic (exact) mass is 476 g/mol. The van der Waals surface area contributed by atoms with Crippen LogP contribution in [0, 0.1) is 18.6 Å². The predicted octanol–water partition coefficient (Wildman–Crippen LogP) is 4.63. The van der Waals surface area contributed by atoms with Gasteiger partial charge in [-0.05, 0) is 56.7 Å². The summed E-state index contributed by atoms with van der Waals surface area (Å²) in [6.45, 7) is 4.95. The van der Waals surface area contributed by atoms with Gasteiger partial charge in [-0.15, -0.1) is 0 Å². The average Bonchev–Trinajstić information content (AvgIpc) is 2.80. The third kappa shape index (κ3) is 4.97. The van der Waals surface area contributed by atoms with Gasteiger partial charge < -0.3 is 10.8 Å². The number of primary amides is 1. The SMILES string of the molecule is Cc1ccc(-c2ccnc(C(C)(C)O)n2)cc1N(C(N)=O)c1ccnc(-c2ccc(F)cc2F)n1. The van der Waals surface area contributed by atoms with Gasteiger partial charge >= 0.3 is 6.03 Å². The van der Waals surface area contributed by atoms with Crippen LogP contribution in [0.5, 0.6) is 0 Å². The van der Waals surface area contributed by atoms with E-state index in [1.807, 2.05) is 6.07 Å². The van der Waals surface area contributed by atoms with E-state index in [0.29, 0.717) is 22.5 Å². The molecule has 0 aliphatic heterocycles. The third-order valence-corrected chi connectivity index (χ3v) is 5.21. The Balaban J connectivity index is 1.80. The number of benzene rings is 2. The number of aryl methyl sites for hydroxylation is 1. The molecular weight excluding hydrogens is 454 g/mol. The van der Waals surface area contributed by atoms with E-state index in [1.54, 1.807) is 39.0 Å². The molecule has 0 spiro atoms. The fourth-order valence-corrected chi connectivity index (χ4v) is 3.45. The maximum Gasteiger partial charge on any atom is 0.325 e. The lowest BCUT2D eigenvalue weighted by Crippen LogP contribution is -2.32. The maximum absolute atomic E-state index is 14.3. The van der Waals surface area contributed by atoms with Crippen molar-refractivity contribution in [2.45, 2.75) is 26.4 Å². The van der Waals surface area contributed by atoms with Crippen LogP contribution in [0.4, 0.5) is 25.1 Å². The number of carbonyl (C=O) groups is 1. The zero-order valence-electron chi connectivity index (χ0n) is 19.2. The number of carbonyl (C=O) groups excluding carboxylic acids is 1. The molecule has 0 radical (unpaired) electrons. The number of rotatable bonds is 5. The first-order valence-electron chi connectivity index (χ1n) is 10.6. The zero-order valence-corrected chi connectivity index (χ0v) is 19.2. The van der Waals surface area contributed by atoms with Gasteiger partial charge in [-0.3, -0.25) is 0 Å². The molecule has 2 heterocycles. The molecule has 0 atom stereocenters. The second kappa shape index (κ2) is 9.15. The molecule has 0 saturated heterocycles. The van der Waals surface area contributed by atoms with Gasteiger partial charge in [-0.2, -0.15) is 0 Å². The molecular formula is C25H22F2N6O2. The van der Waals surface area contributed by atoms with E-state index in [-0.39, 0.29) is 23.0 Å². The molecule has 0 unspecified atom stereocenters. The Morgan fingerprint density at radius 1 is 1.00 bits per heavy atom. The fraction of sp³-hybridized carbons (Fsp3) is 0.160. The third-order valence-electron chi connectivity index (χ3n) is 5.21. The Hall–Kier alpha value is -4.31. The Kier molecular flexibility index (Phi) is 6.23. The van der Waals surface area contributed by atoms with E-state index in [1.165, 1.54) is 29.4 Å². The summed E-state index contributed by atoms with van der Waals surface area (Å²) < 4.78 is 27.7. The highest BCUT2D eigenvalue weighted by molar-refractivity contribution is 5.99. The van der Waals surface area contributed by atoms with Gasteiger partial charge in [0.15, 0.2) is 11.6 Å². The smallest absolute Gasteiger partial charge is 0.325 e. The van der Waals surface area contributed by atoms with E-state index in [9.17, 15) is 18.7 Å². The molecule has 8 nitrogen and oxygen atoms in total. The molecule has 2 aromatic carbocycles. The van der Waals surface area contributed by atoms with Crippen LogP contribution in [0.25, 0.3) is 22.6 Å². The van der Waals surface area contributed by atoms with Crippen LogP contribution in [-0.2, 0) is 5.60 Å². The van der Waals surface area contributed by atoms with E-state index in [0.717, 1.165) is 12.1 Å². The maximum atomic E-state index is 14.3. The number of aromatic nitrogens is 4. The molecule has 178 valence electrons. The Bertz CT molecular complexity index is 1420. The van der Waals surface area contributed by atoms with Crippen LogP contribution in [0.3, 0.4) is 0 Å². The molecule has 0 aliphatic carbocycles. The van der Waals surface area contributed by atoms with Gasteiger partial charge in [0.05, 0.1) is 16.9 Å². The normalized spacial score (nSPS) is 11.4. The van der Waals surface area contributed by atoms with Crippen molar-refractivity contribution in [2.24, 2.45) is 5.73 Å². The number of hydrogen-bond acceptors (Lipinski definition) is 6. The van der Waals surface area contributed by atoms with Gasteiger partial charge in [-0.25, -0.2) is 38.4 Å². The Morgan fingerprint density at radius 2 is 1.74 bits per heavy atom. The highest BCUT2D eigenvalue weighted by Gasteiger charge is 2.23. The first-order chi connectivity index (χ1) is 16.5. The second-order valence-corrected chi connectivity index (χ2v) is 8.36. The minimum atomic E-state index is -1.24. The van der Waals surface area contributed by atoms with E-state index in [2.05, 4.69) is 19.9 Å². The van der Waals surface area contributed by atoms with Crippen LogP contribution < -0.4 is 10.6 Å². The standard InChI is InChI=1S/C25H22F2N6O2/c1-14-4-5-15(19-8-10-30-23(31-19)25(2,3)35)12-20(14)33(24(28)34)21-9-11-29-22(32-21)17-7-6-16(26)13-18(17)27/h4-13,35H,1-3H3,(H2,28,34). The largest absolute Gasteiger partial charge is 0.382 e. The molecule has 35 heavy (non-hydrogen) atoms. The highest BCUT2D eigenvalue weighted by Crippen LogP contribution is 2.32. The number of aliphatic hydroxyl groups is 1. The minimum absolute atomic E-state index is 0.0247. The Labute approximate surface area is 200 Å². The summed E-state index contributed by atoms with van der Waals surface area (Å²) in [5.74, 6) is -1.26. The fourth-order valence-electron chi connectivity index (χ4n) is 3.45. The van der Waals surface area contributed by atoms with Crippen molar-refractivity contribution in [1.82, 2.24) is 19.9 Å². The Morgan fingerprint density at radius 3 is 2.43 bits per heavy atom. The van der Waals surface area contributed by atoms with Crippen LogP contribution in [0.15, 0.2) is 60.9 Å². The van der Waals surface area contributed by atoms with Gasteiger partial charge in [-0.1, -0.05) is 12.1 Å². The summed E-state index contributed by atoms with van der Waals surface area (Å²) in [4.78, 5) is 30.7. The molecule has 10 heteroatoms. The number of amides is 2. The quantitative estimate of drug-likeness (QED) is 0.434. The molecule has 3 N–H and O–H groups in total. The van der Waals surface area contributed by atoms with E-state index < -0.39 is 23.3 Å². The second-order valence-electron chi connectivity index (χ2n) is 8.36. The molecule has 0 saturated carbocycles. The van der Waals surface area contributed by atoms with Crippen molar-refractivity contribution in [3.05, 3.63) is 83.9 Å². The van der Waals surface area contributed by atoms with Crippen LogP contribution >= 0.6 is 0 Å². The number of nitrogens with zero attached hydrogens (tertiary/aromatic N) is 5. The van der Waals surface area contributed by atoms with Crippen LogP contribution in [0.2, 0.25) is 0 Å². The lowest BCUT2D eigenvalue weighted by Gasteiger charge is -2.23. The molecule has 0 aliphatic rings. The summed E-state index contributed by atoms with van der Waals surface area (Å²) in [5, 5.41) is 10.3. The van der Waals surface area contributed by atoms with E-state index >= 15 is 0 Å². The predicted molar refractivity (Wildman–Crippen MR) is 127 cm³/mol. The van der Waals surface area contributed by atoms with Crippen molar-refractivity contribution in [2.75, 3.05) is 4.90 Å². The minimum Gasteiger partial charge on any atom is -0.382 e. The van der Waals surface area contributed by atoms with Gasteiger partial charge in [0.25, 0.3) is 0 Å². The summed E-state index contributed by atoms with van der Waals surface area (Å²) in [6, 6.07) is 10.7. The summed E-state index contributed by atoms with van der Waals surface area (Å²) in [7, 11) is 0. The number of hydrogen-bond donors (Lipinski definition) is 2. The summed E-state index contributed by atoms with van der Waals surface area (Å²) in [5.41, 5.74) is 6.75. The number of nitrogens with two attached hydrogens (primary N) is 1. The zero-order chi connectivity index (χ0) is 25.3. The van der Waals surface area contributed by atoms with E-state index in [4.69, 9.17) is 5.73 Å². The van der Waals surface area contributed by atoms with Crippen LogP contribution in [0.1, 0.15) is 25.2 Å². The average molecular weight is 476 g/mol. The first-order valence-corrected chi connectivity index (χ1v) is 10.6. The lowest BCUT2D eigenvalue weighted by molar-refractivity contribution is 0.0688. The van der Waals surface area contributed by atoms with Gasteiger partial charge in [0.1, 0.15) is 23.1 Å². The van der Waals surface area contributed by atoms with Crippen molar-refractivity contribution in [1.29, 1.82) is 0 Å². The van der Waals surface area contributed by atoms with Crippen molar-refractivity contribution < 1.29 is 18.7 Å².